The van der Waals surface area contributed by atoms with Crippen LogP contribution in [0.15, 0.2) is 12.1 Å². The van der Waals surface area contributed by atoms with E-state index in [1.807, 2.05) is 13.1 Å². The number of aryl methyl sites for hydroxylation is 1. The zero-order chi connectivity index (χ0) is 10.1. The molecule has 76 valence electrons. The van der Waals surface area contributed by atoms with Gasteiger partial charge in [-0.25, -0.2) is 0 Å². The van der Waals surface area contributed by atoms with E-state index in [2.05, 4.69) is 5.32 Å². The predicted octanol–water partition coefficient (Wildman–Crippen LogP) is 1.69. The first-order valence-corrected chi connectivity index (χ1v) is 4.95. The molecule has 1 aromatic carbocycles. The van der Waals surface area contributed by atoms with Crippen LogP contribution in [0.3, 0.4) is 0 Å². The molecule has 0 heterocycles. The van der Waals surface area contributed by atoms with Crippen molar-refractivity contribution in [2.75, 3.05) is 7.05 Å². The first kappa shape index (κ1) is 9.34. The predicted molar refractivity (Wildman–Crippen MR) is 54.5 cm³/mol. The summed E-state index contributed by atoms with van der Waals surface area (Å²) in [5, 5.41) is 22.3. The zero-order valence-electron chi connectivity index (χ0n) is 8.25. The third-order valence-electron chi connectivity index (χ3n) is 2.92. The lowest BCUT2D eigenvalue weighted by molar-refractivity contribution is 0.382. The largest absolute Gasteiger partial charge is 0.504 e. The Morgan fingerprint density at radius 1 is 1.36 bits per heavy atom. The minimum Gasteiger partial charge on any atom is -0.504 e. The Hall–Kier alpha value is -1.22. The highest BCUT2D eigenvalue weighted by Crippen LogP contribution is 2.40. The van der Waals surface area contributed by atoms with Gasteiger partial charge in [-0.1, -0.05) is 6.07 Å². The second kappa shape index (κ2) is 3.50. The number of hydrogen-bond donors (Lipinski definition) is 3. The van der Waals surface area contributed by atoms with Gasteiger partial charge in [0.05, 0.1) is 0 Å². The van der Waals surface area contributed by atoms with Crippen molar-refractivity contribution in [2.24, 2.45) is 0 Å². The van der Waals surface area contributed by atoms with Gasteiger partial charge >= 0.3 is 0 Å². The van der Waals surface area contributed by atoms with E-state index >= 15 is 0 Å². The van der Waals surface area contributed by atoms with Crippen LogP contribution < -0.4 is 5.32 Å². The fourth-order valence-electron chi connectivity index (χ4n) is 2.17. The molecule has 0 saturated heterocycles. The third-order valence-corrected chi connectivity index (χ3v) is 2.92. The van der Waals surface area contributed by atoms with E-state index in [1.165, 1.54) is 0 Å². The summed E-state index contributed by atoms with van der Waals surface area (Å²) < 4.78 is 0. The zero-order valence-corrected chi connectivity index (χ0v) is 8.25. The minimum absolute atomic E-state index is 0.0223. The van der Waals surface area contributed by atoms with E-state index < -0.39 is 0 Å². The molecule has 0 spiro atoms. The van der Waals surface area contributed by atoms with Crippen molar-refractivity contribution >= 4 is 0 Å². The van der Waals surface area contributed by atoms with Gasteiger partial charge in [0.15, 0.2) is 11.5 Å². The Kier molecular flexibility index (Phi) is 2.33. The molecule has 0 bridgehead atoms. The van der Waals surface area contributed by atoms with Crippen molar-refractivity contribution in [1.29, 1.82) is 0 Å². The summed E-state index contributed by atoms with van der Waals surface area (Å²) in [6.07, 6.45) is 3.13. The summed E-state index contributed by atoms with van der Waals surface area (Å²) in [6.45, 7) is 0. The van der Waals surface area contributed by atoms with Crippen LogP contribution in [0.4, 0.5) is 0 Å². The summed E-state index contributed by atoms with van der Waals surface area (Å²) in [5.41, 5.74) is 2.02. The van der Waals surface area contributed by atoms with Crippen molar-refractivity contribution in [3.8, 4) is 11.5 Å². The van der Waals surface area contributed by atoms with E-state index in [0.717, 1.165) is 30.4 Å². The van der Waals surface area contributed by atoms with Gasteiger partial charge in [0.25, 0.3) is 0 Å². The number of nitrogens with one attached hydrogen (secondary N) is 1. The Morgan fingerprint density at radius 2 is 2.14 bits per heavy atom. The number of phenolic OH excluding ortho intramolecular Hbond substituents is 2. The van der Waals surface area contributed by atoms with E-state index in [4.69, 9.17) is 0 Å². The topological polar surface area (TPSA) is 52.5 Å². The molecule has 1 aromatic rings. The van der Waals surface area contributed by atoms with Crippen molar-refractivity contribution in [3.05, 3.63) is 23.3 Å². The van der Waals surface area contributed by atoms with Crippen LogP contribution in [0.25, 0.3) is 0 Å². The SMILES string of the molecule is CNC1CCCc2ccc(O)c(O)c21. The van der Waals surface area contributed by atoms with E-state index in [0.29, 0.717) is 0 Å². The molecule has 0 fully saturated rings. The first-order valence-electron chi connectivity index (χ1n) is 4.95. The number of aromatic hydroxyl groups is 2. The molecule has 2 rings (SSSR count). The van der Waals surface area contributed by atoms with Crippen LogP contribution in [-0.2, 0) is 6.42 Å². The van der Waals surface area contributed by atoms with Crippen molar-refractivity contribution in [3.63, 3.8) is 0 Å². The standard InChI is InChI=1S/C11H15NO2/c1-12-8-4-2-3-7-5-6-9(13)11(14)10(7)8/h5-6,8,12-14H,2-4H2,1H3. The van der Waals surface area contributed by atoms with Gasteiger partial charge in [0.2, 0.25) is 0 Å². The fourth-order valence-corrected chi connectivity index (χ4v) is 2.17. The molecule has 3 nitrogen and oxygen atoms in total. The molecule has 3 heteroatoms. The highest BCUT2D eigenvalue weighted by Gasteiger charge is 2.23. The highest BCUT2D eigenvalue weighted by molar-refractivity contribution is 5.51. The lowest BCUT2D eigenvalue weighted by Crippen LogP contribution is -2.21. The maximum atomic E-state index is 9.75. The summed E-state index contributed by atoms with van der Waals surface area (Å²) >= 11 is 0. The Bertz CT molecular complexity index is 349. The Balaban J connectivity index is 2.53. The smallest absolute Gasteiger partial charge is 0.162 e. The molecule has 0 radical (unpaired) electrons. The highest BCUT2D eigenvalue weighted by atomic mass is 16.3. The number of phenols is 2. The second-order valence-electron chi connectivity index (χ2n) is 3.74. The summed E-state index contributed by atoms with van der Waals surface area (Å²) in [4.78, 5) is 0. The molecule has 0 saturated carbocycles. The second-order valence-corrected chi connectivity index (χ2v) is 3.74. The molecule has 0 aliphatic heterocycles. The lowest BCUT2D eigenvalue weighted by Gasteiger charge is -2.26. The molecule has 1 aliphatic carbocycles. The lowest BCUT2D eigenvalue weighted by atomic mass is 9.87. The van der Waals surface area contributed by atoms with E-state index in [-0.39, 0.29) is 17.5 Å². The van der Waals surface area contributed by atoms with Gasteiger partial charge in [0, 0.05) is 11.6 Å². The number of fused-ring (bicyclic) bond motifs is 1. The van der Waals surface area contributed by atoms with Crippen LogP contribution in [-0.4, -0.2) is 17.3 Å². The molecular formula is C11H15NO2. The van der Waals surface area contributed by atoms with Crippen LogP contribution in [0.5, 0.6) is 11.5 Å². The van der Waals surface area contributed by atoms with Crippen LogP contribution >= 0.6 is 0 Å². The number of benzene rings is 1. The molecule has 1 atom stereocenters. The molecule has 14 heavy (non-hydrogen) atoms. The summed E-state index contributed by atoms with van der Waals surface area (Å²) in [5.74, 6) is 0.0208. The Labute approximate surface area is 83.4 Å². The van der Waals surface area contributed by atoms with Crippen LogP contribution in [0, 0.1) is 0 Å². The fraction of sp³-hybridized carbons (Fsp3) is 0.455. The third kappa shape index (κ3) is 1.34. The van der Waals surface area contributed by atoms with Crippen LogP contribution in [0.1, 0.15) is 30.0 Å². The van der Waals surface area contributed by atoms with Gasteiger partial charge in [-0.2, -0.15) is 0 Å². The van der Waals surface area contributed by atoms with Gasteiger partial charge in [-0.05, 0) is 37.9 Å². The van der Waals surface area contributed by atoms with E-state index in [1.54, 1.807) is 6.07 Å². The average molecular weight is 193 g/mol. The average Bonchev–Trinajstić information content (AvgIpc) is 2.23. The molecule has 3 N–H and O–H groups in total. The maximum Gasteiger partial charge on any atom is 0.162 e. The van der Waals surface area contributed by atoms with E-state index in [9.17, 15) is 10.2 Å². The van der Waals surface area contributed by atoms with Gasteiger partial charge < -0.3 is 15.5 Å². The molecule has 0 amide bonds. The summed E-state index contributed by atoms with van der Waals surface area (Å²) in [7, 11) is 1.88. The van der Waals surface area contributed by atoms with Crippen molar-refractivity contribution in [1.82, 2.24) is 5.32 Å². The van der Waals surface area contributed by atoms with Crippen LogP contribution in [0.2, 0.25) is 0 Å². The number of rotatable bonds is 1. The van der Waals surface area contributed by atoms with Gasteiger partial charge in [-0.15, -0.1) is 0 Å². The summed E-state index contributed by atoms with van der Waals surface area (Å²) in [6, 6.07) is 3.63. The number of hydrogen-bond acceptors (Lipinski definition) is 3. The molecular weight excluding hydrogens is 178 g/mol. The van der Waals surface area contributed by atoms with Crippen molar-refractivity contribution < 1.29 is 10.2 Å². The quantitative estimate of drug-likeness (QED) is 0.595. The first-order chi connectivity index (χ1) is 6.74. The van der Waals surface area contributed by atoms with Gasteiger partial charge in [-0.3, -0.25) is 0 Å². The monoisotopic (exact) mass is 193 g/mol. The Morgan fingerprint density at radius 3 is 2.86 bits per heavy atom. The van der Waals surface area contributed by atoms with Gasteiger partial charge in [0.1, 0.15) is 0 Å². The molecule has 0 aromatic heterocycles. The molecule has 1 unspecified atom stereocenters. The van der Waals surface area contributed by atoms with Crippen molar-refractivity contribution in [2.45, 2.75) is 25.3 Å². The normalized spacial score (nSPS) is 20.5. The molecule has 1 aliphatic rings. The minimum atomic E-state index is -0.0223. The maximum absolute atomic E-state index is 9.75.